The highest BCUT2D eigenvalue weighted by atomic mass is 32.2. The second-order valence-electron chi connectivity index (χ2n) is 4.83. The Morgan fingerprint density at radius 1 is 1.35 bits per heavy atom. The van der Waals surface area contributed by atoms with Gasteiger partial charge in [-0.2, -0.15) is 11.8 Å². The number of thiophene rings is 1. The number of rotatable bonds is 5. The first-order valence-electron chi connectivity index (χ1n) is 6.87. The quantitative estimate of drug-likeness (QED) is 0.876. The van der Waals surface area contributed by atoms with E-state index in [1.165, 1.54) is 12.5 Å². The lowest BCUT2D eigenvalue weighted by Gasteiger charge is -2.31. The Labute approximate surface area is 127 Å². The summed E-state index contributed by atoms with van der Waals surface area (Å²) in [5.74, 6) is -0.0682. The number of carbonyl (C=O) groups is 2. The third kappa shape index (κ3) is 3.76. The van der Waals surface area contributed by atoms with Crippen molar-refractivity contribution in [2.24, 2.45) is 0 Å². The average Bonchev–Trinajstić information content (AvgIpc) is 2.91. The van der Waals surface area contributed by atoms with Crippen LogP contribution in [-0.2, 0) is 0 Å². The predicted molar refractivity (Wildman–Crippen MR) is 82.9 cm³/mol. The minimum Gasteiger partial charge on any atom is -0.477 e. The first-order chi connectivity index (χ1) is 9.61. The maximum absolute atomic E-state index is 12.2. The highest BCUT2D eigenvalue weighted by molar-refractivity contribution is 7.99. The molecule has 0 aliphatic heterocycles. The Balaban J connectivity index is 1.99. The van der Waals surface area contributed by atoms with Crippen LogP contribution >= 0.6 is 23.1 Å². The number of carboxylic acids is 1. The molecule has 4 nitrogen and oxygen atoms in total. The SMILES string of the molecule is CCSC1CCCCC1NC(=O)c1ccc(C(=O)O)s1. The fourth-order valence-corrected chi connectivity index (χ4v) is 4.44. The van der Waals surface area contributed by atoms with Crippen molar-refractivity contribution in [3.05, 3.63) is 21.9 Å². The average molecular weight is 313 g/mol. The molecular weight excluding hydrogens is 294 g/mol. The lowest BCUT2D eigenvalue weighted by Crippen LogP contribution is -2.43. The van der Waals surface area contributed by atoms with E-state index in [4.69, 9.17) is 5.11 Å². The third-order valence-corrected chi connectivity index (χ3v) is 5.84. The van der Waals surface area contributed by atoms with Crippen molar-refractivity contribution in [1.82, 2.24) is 5.32 Å². The highest BCUT2D eigenvalue weighted by Gasteiger charge is 2.27. The van der Waals surface area contributed by atoms with Gasteiger partial charge in [0.15, 0.2) is 0 Å². The first kappa shape index (κ1) is 15.4. The van der Waals surface area contributed by atoms with Crippen LogP contribution in [0.5, 0.6) is 0 Å². The van der Waals surface area contributed by atoms with Crippen LogP contribution in [0.4, 0.5) is 0 Å². The zero-order chi connectivity index (χ0) is 14.5. The van der Waals surface area contributed by atoms with E-state index in [-0.39, 0.29) is 16.8 Å². The molecule has 1 aliphatic rings. The minimum atomic E-state index is -0.980. The van der Waals surface area contributed by atoms with Crippen molar-refractivity contribution in [1.29, 1.82) is 0 Å². The number of aromatic carboxylic acids is 1. The van der Waals surface area contributed by atoms with E-state index in [2.05, 4.69) is 12.2 Å². The van der Waals surface area contributed by atoms with Crippen LogP contribution in [0.3, 0.4) is 0 Å². The van der Waals surface area contributed by atoms with Gasteiger partial charge in [-0.3, -0.25) is 4.79 Å². The van der Waals surface area contributed by atoms with Crippen molar-refractivity contribution in [3.8, 4) is 0 Å². The molecular formula is C14H19NO3S2. The van der Waals surface area contributed by atoms with Crippen molar-refractivity contribution < 1.29 is 14.7 Å². The van der Waals surface area contributed by atoms with Gasteiger partial charge in [-0.05, 0) is 30.7 Å². The zero-order valence-electron chi connectivity index (χ0n) is 11.4. The highest BCUT2D eigenvalue weighted by Crippen LogP contribution is 2.29. The van der Waals surface area contributed by atoms with Crippen LogP contribution in [0.25, 0.3) is 0 Å². The largest absolute Gasteiger partial charge is 0.477 e. The monoisotopic (exact) mass is 313 g/mol. The summed E-state index contributed by atoms with van der Waals surface area (Å²) in [7, 11) is 0. The van der Waals surface area contributed by atoms with Gasteiger partial charge in [0.25, 0.3) is 5.91 Å². The van der Waals surface area contributed by atoms with Gasteiger partial charge >= 0.3 is 5.97 Å². The Kier molecular flexibility index (Phi) is 5.48. The molecule has 0 bridgehead atoms. The number of hydrogen-bond donors (Lipinski definition) is 2. The molecule has 110 valence electrons. The summed E-state index contributed by atoms with van der Waals surface area (Å²) in [6, 6.07) is 3.28. The lowest BCUT2D eigenvalue weighted by atomic mass is 9.95. The molecule has 1 aliphatic carbocycles. The Morgan fingerprint density at radius 2 is 2.05 bits per heavy atom. The Morgan fingerprint density at radius 3 is 2.70 bits per heavy atom. The number of thioether (sulfide) groups is 1. The predicted octanol–water partition coefficient (Wildman–Crippen LogP) is 3.24. The zero-order valence-corrected chi connectivity index (χ0v) is 13.1. The number of amides is 1. The van der Waals surface area contributed by atoms with E-state index in [0.29, 0.717) is 10.1 Å². The van der Waals surface area contributed by atoms with E-state index in [1.807, 2.05) is 11.8 Å². The van der Waals surface area contributed by atoms with Crippen LogP contribution in [0.15, 0.2) is 12.1 Å². The van der Waals surface area contributed by atoms with Crippen molar-refractivity contribution in [3.63, 3.8) is 0 Å². The fourth-order valence-electron chi connectivity index (χ4n) is 2.49. The molecule has 1 saturated carbocycles. The molecule has 6 heteroatoms. The van der Waals surface area contributed by atoms with Gasteiger partial charge in [-0.1, -0.05) is 19.8 Å². The van der Waals surface area contributed by atoms with Gasteiger partial charge in [0.1, 0.15) is 4.88 Å². The van der Waals surface area contributed by atoms with Crippen LogP contribution < -0.4 is 5.32 Å². The summed E-state index contributed by atoms with van der Waals surface area (Å²) >= 11 is 2.94. The van der Waals surface area contributed by atoms with Crippen molar-refractivity contribution in [2.45, 2.75) is 43.9 Å². The van der Waals surface area contributed by atoms with Crippen LogP contribution in [0.1, 0.15) is 52.0 Å². The number of hydrogen-bond acceptors (Lipinski definition) is 4. The topological polar surface area (TPSA) is 66.4 Å². The van der Waals surface area contributed by atoms with E-state index >= 15 is 0 Å². The lowest BCUT2D eigenvalue weighted by molar-refractivity contribution is 0.0702. The smallest absolute Gasteiger partial charge is 0.345 e. The van der Waals surface area contributed by atoms with E-state index in [1.54, 1.807) is 6.07 Å². The van der Waals surface area contributed by atoms with E-state index < -0.39 is 5.97 Å². The Hall–Kier alpha value is -1.01. The molecule has 0 saturated heterocycles. The molecule has 1 heterocycles. The summed E-state index contributed by atoms with van der Waals surface area (Å²) < 4.78 is 0. The fraction of sp³-hybridized carbons (Fsp3) is 0.571. The van der Waals surface area contributed by atoms with Crippen molar-refractivity contribution >= 4 is 35.0 Å². The normalized spacial score (nSPS) is 22.4. The van der Waals surface area contributed by atoms with Gasteiger partial charge in [0.2, 0.25) is 0 Å². The minimum absolute atomic E-state index is 0.142. The molecule has 0 aromatic carbocycles. The molecule has 0 spiro atoms. The summed E-state index contributed by atoms with van der Waals surface area (Å²) in [6.45, 7) is 2.14. The van der Waals surface area contributed by atoms with E-state index in [0.717, 1.165) is 36.4 Å². The summed E-state index contributed by atoms with van der Waals surface area (Å²) in [6.07, 6.45) is 4.54. The molecule has 0 radical (unpaired) electrons. The maximum Gasteiger partial charge on any atom is 0.345 e. The van der Waals surface area contributed by atoms with Gasteiger partial charge in [-0.15, -0.1) is 11.3 Å². The summed E-state index contributed by atoms with van der Waals surface area (Å²) in [5.41, 5.74) is 0. The van der Waals surface area contributed by atoms with Gasteiger partial charge in [0.05, 0.1) is 4.88 Å². The van der Waals surface area contributed by atoms with Crippen LogP contribution in [0, 0.1) is 0 Å². The molecule has 2 unspecified atom stereocenters. The molecule has 1 aromatic rings. The number of nitrogens with one attached hydrogen (secondary N) is 1. The molecule has 20 heavy (non-hydrogen) atoms. The van der Waals surface area contributed by atoms with Gasteiger partial charge in [0, 0.05) is 11.3 Å². The van der Waals surface area contributed by atoms with Gasteiger partial charge in [-0.25, -0.2) is 4.79 Å². The molecule has 2 rings (SSSR count). The molecule has 1 fully saturated rings. The number of carbonyl (C=O) groups excluding carboxylic acids is 1. The molecule has 1 aromatic heterocycles. The second kappa shape index (κ2) is 7.13. The third-order valence-electron chi connectivity index (χ3n) is 3.44. The molecule has 2 atom stereocenters. The number of carboxylic acid groups (broad SMARTS) is 1. The van der Waals surface area contributed by atoms with Gasteiger partial charge < -0.3 is 10.4 Å². The maximum atomic E-state index is 12.2. The Bertz CT molecular complexity index is 485. The molecule has 2 N–H and O–H groups in total. The standard InChI is InChI=1S/C14H19NO3S2/c1-2-19-10-6-4-3-5-9(10)15-13(16)11-7-8-12(20-11)14(17)18/h7-10H,2-6H2,1H3,(H,15,16)(H,17,18). The second-order valence-corrected chi connectivity index (χ2v) is 7.43. The summed E-state index contributed by atoms with van der Waals surface area (Å²) in [4.78, 5) is 23.7. The first-order valence-corrected chi connectivity index (χ1v) is 8.74. The summed E-state index contributed by atoms with van der Waals surface area (Å²) in [5, 5.41) is 12.5. The van der Waals surface area contributed by atoms with E-state index in [9.17, 15) is 9.59 Å². The van der Waals surface area contributed by atoms with Crippen molar-refractivity contribution in [2.75, 3.05) is 5.75 Å². The van der Waals surface area contributed by atoms with Crippen LogP contribution in [0.2, 0.25) is 0 Å². The van der Waals surface area contributed by atoms with Crippen LogP contribution in [-0.4, -0.2) is 34.0 Å². The molecule has 1 amide bonds.